The van der Waals surface area contributed by atoms with E-state index in [4.69, 9.17) is 5.11 Å². The predicted octanol–water partition coefficient (Wildman–Crippen LogP) is 1.94. The smallest absolute Gasteiger partial charge is 0.335 e. The van der Waals surface area contributed by atoms with E-state index < -0.39 is 16.0 Å². The molecule has 0 aliphatic carbocycles. The van der Waals surface area contributed by atoms with Crippen LogP contribution in [-0.2, 0) is 16.6 Å². The van der Waals surface area contributed by atoms with E-state index in [1.54, 1.807) is 6.20 Å². The Hall–Kier alpha value is -1.77. The number of benzene rings is 1. The molecule has 1 heterocycles. The van der Waals surface area contributed by atoms with Crippen molar-refractivity contribution in [2.75, 3.05) is 0 Å². The van der Waals surface area contributed by atoms with E-state index in [1.165, 1.54) is 36.5 Å². The van der Waals surface area contributed by atoms with Gasteiger partial charge in [0.2, 0.25) is 10.0 Å². The Labute approximate surface area is 126 Å². The Morgan fingerprint density at radius 1 is 1.38 bits per heavy atom. The van der Waals surface area contributed by atoms with Crippen molar-refractivity contribution >= 4 is 27.3 Å². The average Bonchev–Trinajstić information content (AvgIpc) is 2.82. The number of aryl methyl sites for hydroxylation is 1. The third-order valence-corrected chi connectivity index (χ3v) is 5.35. The van der Waals surface area contributed by atoms with Gasteiger partial charge in [-0.05, 0) is 31.5 Å². The van der Waals surface area contributed by atoms with Crippen LogP contribution in [0.2, 0.25) is 0 Å². The molecule has 2 rings (SSSR count). The van der Waals surface area contributed by atoms with Gasteiger partial charge in [0.1, 0.15) is 5.01 Å². The molecule has 0 atom stereocenters. The number of aromatic nitrogens is 1. The minimum absolute atomic E-state index is 0.0250. The number of nitrogens with one attached hydrogen (secondary N) is 1. The highest BCUT2D eigenvalue weighted by Gasteiger charge is 2.20. The molecule has 8 heteroatoms. The zero-order valence-electron chi connectivity index (χ0n) is 11.5. The second-order valence-corrected chi connectivity index (χ2v) is 7.48. The number of carboxylic acid groups (broad SMARTS) is 1. The minimum Gasteiger partial charge on any atom is -0.478 e. The van der Waals surface area contributed by atoms with Gasteiger partial charge in [0.15, 0.2) is 0 Å². The fraction of sp³-hybridized carbons (Fsp3) is 0.231. The lowest BCUT2D eigenvalue weighted by atomic mass is 10.1. The number of nitrogens with zero attached hydrogens (tertiary/aromatic N) is 1. The monoisotopic (exact) mass is 326 g/mol. The lowest BCUT2D eigenvalue weighted by Gasteiger charge is -2.10. The summed E-state index contributed by atoms with van der Waals surface area (Å²) in [4.78, 5) is 16.1. The van der Waals surface area contributed by atoms with Crippen LogP contribution in [0.1, 0.15) is 25.8 Å². The van der Waals surface area contributed by atoms with Gasteiger partial charge in [0, 0.05) is 11.1 Å². The van der Waals surface area contributed by atoms with Crippen LogP contribution in [0.25, 0.3) is 0 Å². The molecule has 0 spiro atoms. The lowest BCUT2D eigenvalue weighted by Crippen LogP contribution is -2.24. The van der Waals surface area contributed by atoms with Crippen molar-refractivity contribution in [3.05, 3.63) is 45.4 Å². The molecule has 0 aliphatic rings. The Bertz CT molecular complexity index is 781. The van der Waals surface area contributed by atoms with Crippen LogP contribution < -0.4 is 4.72 Å². The molecule has 0 unspecified atom stereocenters. The Kier molecular flexibility index (Phi) is 4.40. The van der Waals surface area contributed by atoms with Crippen molar-refractivity contribution in [2.45, 2.75) is 25.3 Å². The van der Waals surface area contributed by atoms with Gasteiger partial charge in [-0.15, -0.1) is 11.3 Å². The average molecular weight is 326 g/mol. The Balaban J connectivity index is 2.27. The molecule has 1 aromatic heterocycles. The zero-order valence-corrected chi connectivity index (χ0v) is 13.1. The molecular weight excluding hydrogens is 312 g/mol. The molecule has 0 fully saturated rings. The van der Waals surface area contributed by atoms with Crippen LogP contribution in [0.4, 0.5) is 0 Å². The van der Waals surface area contributed by atoms with E-state index in [-0.39, 0.29) is 22.6 Å². The van der Waals surface area contributed by atoms with Crippen LogP contribution >= 0.6 is 11.3 Å². The fourth-order valence-electron chi connectivity index (χ4n) is 1.85. The third kappa shape index (κ3) is 3.46. The van der Waals surface area contributed by atoms with Crippen LogP contribution in [0, 0.1) is 13.8 Å². The van der Waals surface area contributed by atoms with Crippen molar-refractivity contribution < 1.29 is 18.3 Å². The van der Waals surface area contributed by atoms with Gasteiger partial charge in [-0.1, -0.05) is 6.07 Å². The maximum atomic E-state index is 12.3. The van der Waals surface area contributed by atoms with E-state index in [2.05, 4.69) is 9.71 Å². The van der Waals surface area contributed by atoms with Crippen LogP contribution in [0.3, 0.4) is 0 Å². The molecule has 21 heavy (non-hydrogen) atoms. The first-order chi connectivity index (χ1) is 9.81. The van der Waals surface area contributed by atoms with Crippen LogP contribution in [0.15, 0.2) is 29.3 Å². The van der Waals surface area contributed by atoms with E-state index in [9.17, 15) is 13.2 Å². The lowest BCUT2D eigenvalue weighted by molar-refractivity contribution is 0.0696. The number of hydrogen-bond donors (Lipinski definition) is 2. The predicted molar refractivity (Wildman–Crippen MR) is 79.0 cm³/mol. The van der Waals surface area contributed by atoms with Crippen molar-refractivity contribution in [1.82, 2.24) is 9.71 Å². The van der Waals surface area contributed by atoms with Gasteiger partial charge >= 0.3 is 5.97 Å². The third-order valence-electron chi connectivity index (χ3n) is 2.89. The Morgan fingerprint density at radius 2 is 2.10 bits per heavy atom. The van der Waals surface area contributed by atoms with E-state index in [0.29, 0.717) is 5.01 Å². The van der Waals surface area contributed by atoms with Crippen molar-refractivity contribution in [1.29, 1.82) is 0 Å². The Morgan fingerprint density at radius 3 is 2.67 bits per heavy atom. The molecule has 0 amide bonds. The summed E-state index contributed by atoms with van der Waals surface area (Å²) in [7, 11) is -3.78. The summed E-state index contributed by atoms with van der Waals surface area (Å²) in [6, 6.07) is 4.18. The molecule has 0 saturated carbocycles. The van der Waals surface area contributed by atoms with E-state index >= 15 is 0 Å². The summed E-state index contributed by atoms with van der Waals surface area (Å²) in [5, 5.41) is 9.70. The molecule has 0 aliphatic heterocycles. The topological polar surface area (TPSA) is 96.4 Å². The van der Waals surface area contributed by atoms with E-state index in [1.807, 2.05) is 6.92 Å². The summed E-state index contributed by atoms with van der Waals surface area (Å²) in [5.41, 5.74) is 0.191. The highest BCUT2D eigenvalue weighted by molar-refractivity contribution is 7.89. The largest absolute Gasteiger partial charge is 0.478 e. The molecule has 2 aromatic rings. The van der Waals surface area contributed by atoms with Gasteiger partial charge in [0.25, 0.3) is 0 Å². The number of carbonyl (C=O) groups is 1. The summed E-state index contributed by atoms with van der Waals surface area (Å²) >= 11 is 1.40. The molecule has 1 aromatic carbocycles. The molecule has 0 saturated heterocycles. The first kappa shape index (κ1) is 15.6. The van der Waals surface area contributed by atoms with Crippen molar-refractivity contribution in [3.63, 3.8) is 0 Å². The van der Waals surface area contributed by atoms with Gasteiger partial charge in [-0.2, -0.15) is 0 Å². The van der Waals surface area contributed by atoms with Gasteiger partial charge in [0.05, 0.1) is 17.0 Å². The molecule has 112 valence electrons. The van der Waals surface area contributed by atoms with Crippen molar-refractivity contribution in [2.24, 2.45) is 0 Å². The molecule has 2 N–H and O–H groups in total. The number of carboxylic acids is 1. The van der Waals surface area contributed by atoms with Gasteiger partial charge in [-0.25, -0.2) is 22.9 Å². The number of sulfonamides is 1. The summed E-state index contributed by atoms with van der Waals surface area (Å²) in [6.07, 6.45) is 1.67. The second kappa shape index (κ2) is 5.92. The number of hydrogen-bond acceptors (Lipinski definition) is 5. The maximum absolute atomic E-state index is 12.3. The number of aromatic carboxylic acids is 1. The molecule has 0 radical (unpaired) electrons. The SMILES string of the molecule is Cc1cnc(CNS(=O)(=O)c2cccc(C(=O)O)c2C)s1. The molecule has 6 nitrogen and oxygen atoms in total. The highest BCUT2D eigenvalue weighted by atomic mass is 32.2. The minimum atomic E-state index is -3.78. The van der Waals surface area contributed by atoms with Gasteiger partial charge in [-0.3, -0.25) is 0 Å². The summed E-state index contributed by atoms with van der Waals surface area (Å²) in [6.45, 7) is 3.44. The molecule has 0 bridgehead atoms. The van der Waals surface area contributed by atoms with E-state index in [0.717, 1.165) is 4.88 Å². The van der Waals surface area contributed by atoms with Gasteiger partial charge < -0.3 is 5.11 Å². The van der Waals surface area contributed by atoms with Crippen molar-refractivity contribution in [3.8, 4) is 0 Å². The normalized spacial score (nSPS) is 11.5. The highest BCUT2D eigenvalue weighted by Crippen LogP contribution is 2.19. The number of thiazole rings is 1. The quantitative estimate of drug-likeness (QED) is 0.875. The number of rotatable bonds is 5. The first-order valence-electron chi connectivity index (χ1n) is 6.05. The van der Waals surface area contributed by atoms with Crippen LogP contribution in [0.5, 0.6) is 0 Å². The fourth-order valence-corrected chi connectivity index (χ4v) is 3.93. The second-order valence-electron chi connectivity index (χ2n) is 4.42. The summed E-state index contributed by atoms with van der Waals surface area (Å²) < 4.78 is 27.0. The first-order valence-corrected chi connectivity index (χ1v) is 8.35. The standard InChI is InChI=1S/C13H14N2O4S2/c1-8-6-14-12(20-8)7-15-21(18,19)11-5-3-4-10(9(11)2)13(16)17/h3-6,15H,7H2,1-2H3,(H,16,17). The van der Waals surface area contributed by atoms with Crippen LogP contribution in [-0.4, -0.2) is 24.5 Å². The maximum Gasteiger partial charge on any atom is 0.335 e. The zero-order chi connectivity index (χ0) is 15.6. The molecular formula is C13H14N2O4S2. The summed E-state index contributed by atoms with van der Waals surface area (Å²) in [5.74, 6) is -1.15.